The SMILES string of the molecule is CN=C(NCCCc1ccc(OC)c(OC)c1)N1CCN(c2cnn(C)c2)C(=O)C1.I. The van der Waals surface area contributed by atoms with E-state index in [1.807, 2.05) is 36.3 Å². The highest BCUT2D eigenvalue weighted by Gasteiger charge is 2.27. The number of ether oxygens (including phenoxy) is 2. The Morgan fingerprint density at radius 1 is 1.23 bits per heavy atom. The van der Waals surface area contributed by atoms with E-state index in [1.165, 1.54) is 5.56 Å². The van der Waals surface area contributed by atoms with Gasteiger partial charge in [0.05, 0.1) is 26.1 Å². The molecule has 0 aliphatic carbocycles. The monoisotopic (exact) mass is 542 g/mol. The van der Waals surface area contributed by atoms with Gasteiger partial charge < -0.3 is 24.6 Å². The van der Waals surface area contributed by atoms with Crippen LogP contribution >= 0.6 is 24.0 Å². The van der Waals surface area contributed by atoms with Crippen LogP contribution in [0.5, 0.6) is 11.5 Å². The zero-order valence-electron chi connectivity index (χ0n) is 18.5. The largest absolute Gasteiger partial charge is 0.493 e. The number of methoxy groups -OCH3 is 2. The lowest BCUT2D eigenvalue weighted by Gasteiger charge is -2.35. The number of rotatable bonds is 7. The zero-order valence-corrected chi connectivity index (χ0v) is 20.8. The molecule has 0 spiro atoms. The van der Waals surface area contributed by atoms with E-state index < -0.39 is 0 Å². The Morgan fingerprint density at radius 2 is 2.00 bits per heavy atom. The molecule has 2 heterocycles. The molecular formula is C21H31IN6O3. The molecule has 1 fully saturated rings. The van der Waals surface area contributed by atoms with Crippen molar-refractivity contribution < 1.29 is 14.3 Å². The minimum absolute atomic E-state index is 0. The standard InChI is InChI=1S/C21H30N6O3.HI/c1-22-21(23-9-5-6-16-7-8-18(29-3)19(12-16)30-4)26-10-11-27(20(28)15-26)17-13-24-25(2)14-17;/h7-8,12-14H,5-6,9-11,15H2,1-4H3,(H,22,23);1H. The van der Waals surface area contributed by atoms with Gasteiger partial charge in [0.1, 0.15) is 6.54 Å². The molecule has 31 heavy (non-hydrogen) atoms. The molecule has 1 aliphatic rings. The normalized spacial score (nSPS) is 14.3. The molecule has 0 radical (unpaired) electrons. The van der Waals surface area contributed by atoms with Gasteiger partial charge in [-0.1, -0.05) is 6.07 Å². The number of carbonyl (C=O) groups excluding carboxylic acids is 1. The van der Waals surface area contributed by atoms with Crippen molar-refractivity contribution in [3.8, 4) is 11.5 Å². The van der Waals surface area contributed by atoms with Gasteiger partial charge in [0.2, 0.25) is 5.91 Å². The fourth-order valence-electron chi connectivity index (χ4n) is 3.54. The van der Waals surface area contributed by atoms with Crippen LogP contribution in [0.3, 0.4) is 0 Å². The number of aliphatic imine (C=N–C) groups is 1. The van der Waals surface area contributed by atoms with Crippen LogP contribution in [0.25, 0.3) is 0 Å². The van der Waals surface area contributed by atoms with Gasteiger partial charge in [0.25, 0.3) is 0 Å². The summed E-state index contributed by atoms with van der Waals surface area (Å²) >= 11 is 0. The van der Waals surface area contributed by atoms with Crippen molar-refractivity contribution in [3.63, 3.8) is 0 Å². The first-order valence-electron chi connectivity index (χ1n) is 10.0. The number of carbonyl (C=O) groups is 1. The number of guanidine groups is 1. The predicted molar refractivity (Wildman–Crippen MR) is 132 cm³/mol. The summed E-state index contributed by atoms with van der Waals surface area (Å²) in [6.07, 6.45) is 5.40. The maximum Gasteiger partial charge on any atom is 0.246 e. The Labute approximate surface area is 200 Å². The van der Waals surface area contributed by atoms with Crippen LogP contribution in [0, 0.1) is 0 Å². The predicted octanol–water partition coefficient (Wildman–Crippen LogP) is 1.91. The lowest BCUT2D eigenvalue weighted by Crippen LogP contribution is -2.55. The number of nitrogens with one attached hydrogen (secondary N) is 1. The van der Waals surface area contributed by atoms with Gasteiger partial charge in [-0.2, -0.15) is 5.10 Å². The Hall–Kier alpha value is -2.50. The maximum atomic E-state index is 12.6. The molecule has 0 atom stereocenters. The van der Waals surface area contributed by atoms with Crippen LogP contribution in [0.15, 0.2) is 35.6 Å². The van der Waals surface area contributed by atoms with Gasteiger partial charge in [0, 0.05) is 39.9 Å². The third-order valence-electron chi connectivity index (χ3n) is 5.11. The molecule has 2 aromatic rings. The first-order valence-corrected chi connectivity index (χ1v) is 10.0. The molecule has 0 saturated carbocycles. The molecule has 1 amide bonds. The Kier molecular flexibility index (Phi) is 9.41. The van der Waals surface area contributed by atoms with Crippen molar-refractivity contribution in [1.82, 2.24) is 20.0 Å². The Bertz CT molecular complexity index is 901. The molecule has 0 bridgehead atoms. The van der Waals surface area contributed by atoms with Crippen LogP contribution in [-0.4, -0.2) is 74.0 Å². The average Bonchev–Trinajstić information content (AvgIpc) is 3.19. The summed E-state index contributed by atoms with van der Waals surface area (Å²) in [6, 6.07) is 5.98. The molecule has 10 heteroatoms. The molecule has 1 saturated heterocycles. The third kappa shape index (κ3) is 6.25. The van der Waals surface area contributed by atoms with E-state index >= 15 is 0 Å². The minimum atomic E-state index is 0. The summed E-state index contributed by atoms with van der Waals surface area (Å²) in [5.74, 6) is 2.27. The molecule has 1 N–H and O–H groups in total. The second-order valence-corrected chi connectivity index (χ2v) is 7.11. The van der Waals surface area contributed by atoms with Crippen molar-refractivity contribution in [2.75, 3.05) is 52.3 Å². The summed E-state index contributed by atoms with van der Waals surface area (Å²) in [7, 11) is 6.86. The van der Waals surface area contributed by atoms with Gasteiger partial charge in [-0.05, 0) is 30.5 Å². The van der Waals surface area contributed by atoms with Crippen molar-refractivity contribution in [3.05, 3.63) is 36.2 Å². The van der Waals surface area contributed by atoms with Gasteiger partial charge in [-0.3, -0.25) is 14.5 Å². The third-order valence-corrected chi connectivity index (χ3v) is 5.11. The van der Waals surface area contributed by atoms with E-state index in [2.05, 4.69) is 15.4 Å². The van der Waals surface area contributed by atoms with Gasteiger partial charge in [0.15, 0.2) is 17.5 Å². The number of benzene rings is 1. The van der Waals surface area contributed by atoms with E-state index in [0.29, 0.717) is 13.1 Å². The number of anilines is 1. The van der Waals surface area contributed by atoms with Gasteiger partial charge >= 0.3 is 0 Å². The number of amides is 1. The van der Waals surface area contributed by atoms with Crippen molar-refractivity contribution >= 4 is 41.5 Å². The summed E-state index contributed by atoms with van der Waals surface area (Å²) in [4.78, 5) is 20.7. The molecule has 0 unspecified atom stereocenters. The Morgan fingerprint density at radius 3 is 2.61 bits per heavy atom. The number of hydrogen-bond donors (Lipinski definition) is 1. The summed E-state index contributed by atoms with van der Waals surface area (Å²) < 4.78 is 12.3. The van der Waals surface area contributed by atoms with Crippen molar-refractivity contribution in [2.24, 2.45) is 12.0 Å². The first-order chi connectivity index (χ1) is 14.5. The lowest BCUT2D eigenvalue weighted by molar-refractivity contribution is -0.120. The minimum Gasteiger partial charge on any atom is -0.493 e. The van der Waals surface area contributed by atoms with E-state index in [-0.39, 0.29) is 29.9 Å². The maximum absolute atomic E-state index is 12.6. The number of aryl methyl sites for hydroxylation is 2. The zero-order chi connectivity index (χ0) is 21.5. The van der Waals surface area contributed by atoms with E-state index in [0.717, 1.165) is 49.1 Å². The molecule has 1 aromatic carbocycles. The quantitative estimate of drug-likeness (QED) is 0.249. The number of nitrogens with zero attached hydrogens (tertiary/aromatic N) is 5. The van der Waals surface area contributed by atoms with E-state index in [1.54, 1.807) is 37.0 Å². The number of hydrogen-bond acceptors (Lipinski definition) is 5. The average molecular weight is 542 g/mol. The van der Waals surface area contributed by atoms with E-state index in [9.17, 15) is 4.79 Å². The summed E-state index contributed by atoms with van der Waals surface area (Å²) in [6.45, 7) is 2.38. The molecular weight excluding hydrogens is 511 g/mol. The van der Waals surface area contributed by atoms with E-state index in [4.69, 9.17) is 9.47 Å². The highest BCUT2D eigenvalue weighted by Crippen LogP contribution is 2.27. The molecule has 9 nitrogen and oxygen atoms in total. The summed E-state index contributed by atoms with van der Waals surface area (Å²) in [5.41, 5.74) is 2.02. The highest BCUT2D eigenvalue weighted by atomic mass is 127. The smallest absolute Gasteiger partial charge is 0.246 e. The molecule has 170 valence electrons. The fraction of sp³-hybridized carbons (Fsp3) is 0.476. The molecule has 1 aliphatic heterocycles. The van der Waals surface area contributed by atoms with Crippen LogP contribution in [-0.2, 0) is 18.3 Å². The lowest BCUT2D eigenvalue weighted by atomic mass is 10.1. The number of piperazine rings is 1. The second-order valence-electron chi connectivity index (χ2n) is 7.11. The van der Waals surface area contributed by atoms with Gasteiger partial charge in [-0.25, -0.2) is 0 Å². The van der Waals surface area contributed by atoms with Crippen molar-refractivity contribution in [2.45, 2.75) is 12.8 Å². The van der Waals surface area contributed by atoms with Crippen LogP contribution in [0.1, 0.15) is 12.0 Å². The number of halogens is 1. The number of aromatic nitrogens is 2. The topological polar surface area (TPSA) is 84.2 Å². The first kappa shape index (κ1) is 24.8. The van der Waals surface area contributed by atoms with Crippen LogP contribution in [0.2, 0.25) is 0 Å². The van der Waals surface area contributed by atoms with Crippen LogP contribution in [0.4, 0.5) is 5.69 Å². The molecule has 3 rings (SSSR count). The highest BCUT2D eigenvalue weighted by molar-refractivity contribution is 14.0. The molecule has 1 aromatic heterocycles. The van der Waals surface area contributed by atoms with Crippen molar-refractivity contribution in [1.29, 1.82) is 0 Å². The second kappa shape index (κ2) is 11.8. The fourth-order valence-corrected chi connectivity index (χ4v) is 3.54. The van der Waals surface area contributed by atoms with Crippen LogP contribution < -0.4 is 19.7 Å². The summed E-state index contributed by atoms with van der Waals surface area (Å²) in [5, 5.41) is 7.52. The Balaban J connectivity index is 0.00000341. The van der Waals surface area contributed by atoms with Gasteiger partial charge in [-0.15, -0.1) is 24.0 Å².